The van der Waals surface area contributed by atoms with Crippen LogP contribution in [0.15, 0.2) is 23.5 Å². The first kappa shape index (κ1) is 4.12. The van der Waals surface area contributed by atoms with E-state index in [2.05, 4.69) is 16.5 Å². The quantitative estimate of drug-likeness (QED) is 0.462. The van der Waals surface area contributed by atoms with Crippen LogP contribution in [-0.4, -0.2) is 6.21 Å². The van der Waals surface area contributed by atoms with Gasteiger partial charge in [0.25, 0.3) is 0 Å². The highest BCUT2D eigenvalue weighted by atomic mass is 14.8. The van der Waals surface area contributed by atoms with Crippen molar-refractivity contribution in [1.29, 1.82) is 0 Å². The van der Waals surface area contributed by atoms with E-state index in [-0.39, 0.29) is 0 Å². The first-order valence-electron chi connectivity index (χ1n) is 2.01. The molecule has 1 aliphatic heterocycles. The van der Waals surface area contributed by atoms with Gasteiger partial charge in [0.05, 0.1) is 12.4 Å². The van der Waals surface area contributed by atoms with Gasteiger partial charge in [0, 0.05) is 12.4 Å². The minimum atomic E-state index is 1.57. The molecule has 7 heavy (non-hydrogen) atoms. The van der Waals surface area contributed by atoms with E-state index in [0.29, 0.717) is 0 Å². The second kappa shape index (κ2) is 2.18. The lowest BCUT2D eigenvalue weighted by atomic mass is 10.7. The summed E-state index contributed by atoms with van der Waals surface area (Å²) in [7, 11) is 0. The predicted octanol–water partition coefficient (Wildman–Crippen LogP) is 0.448. The Kier molecular flexibility index (Phi) is 1.28. The lowest BCUT2D eigenvalue weighted by Gasteiger charge is -1.76. The zero-order valence-electron chi connectivity index (χ0n) is 3.76. The molecule has 0 saturated carbocycles. The first-order chi connectivity index (χ1) is 3.50. The SMILES string of the molecule is [C]1=CN=CC=CN1. The minimum absolute atomic E-state index is 1.57. The molecule has 0 amide bonds. The molecule has 0 aliphatic carbocycles. The van der Waals surface area contributed by atoms with Gasteiger partial charge in [-0.05, 0) is 6.08 Å². The summed E-state index contributed by atoms with van der Waals surface area (Å²) >= 11 is 0. The molecule has 1 radical (unpaired) electrons. The van der Waals surface area contributed by atoms with Gasteiger partial charge in [-0.3, -0.25) is 4.99 Å². The molecule has 0 aromatic carbocycles. The Bertz CT molecular complexity index is 108. The van der Waals surface area contributed by atoms with E-state index in [0.717, 1.165) is 0 Å². The van der Waals surface area contributed by atoms with Crippen LogP contribution < -0.4 is 5.32 Å². The van der Waals surface area contributed by atoms with E-state index in [1.165, 1.54) is 0 Å². The van der Waals surface area contributed by atoms with Crippen LogP contribution in [0.25, 0.3) is 0 Å². The molecule has 2 heteroatoms. The maximum atomic E-state index is 3.76. The fourth-order valence-electron chi connectivity index (χ4n) is 0.307. The van der Waals surface area contributed by atoms with Crippen LogP contribution in [0.1, 0.15) is 0 Å². The number of nitrogens with zero attached hydrogens (tertiary/aromatic N) is 1. The van der Waals surface area contributed by atoms with Gasteiger partial charge in [-0.2, -0.15) is 0 Å². The van der Waals surface area contributed by atoms with Gasteiger partial charge in [0.15, 0.2) is 0 Å². The van der Waals surface area contributed by atoms with E-state index >= 15 is 0 Å². The molecule has 0 bridgehead atoms. The van der Waals surface area contributed by atoms with Crippen molar-refractivity contribution in [2.45, 2.75) is 0 Å². The number of nitrogens with one attached hydrogen (secondary N) is 1. The molecule has 0 fully saturated rings. The smallest absolute Gasteiger partial charge is 0.0820 e. The highest BCUT2D eigenvalue weighted by Crippen LogP contribution is 1.74. The number of aliphatic imine (C=N–C) groups is 1. The summed E-state index contributed by atoms with van der Waals surface area (Å²) in [5.74, 6) is 0. The third-order valence-corrected chi connectivity index (χ3v) is 0.574. The van der Waals surface area contributed by atoms with Crippen molar-refractivity contribution in [1.82, 2.24) is 5.32 Å². The van der Waals surface area contributed by atoms with Gasteiger partial charge >= 0.3 is 0 Å². The Morgan fingerprint density at radius 3 is 3.57 bits per heavy atom. The second-order valence-corrected chi connectivity index (χ2v) is 1.08. The van der Waals surface area contributed by atoms with Crippen molar-refractivity contribution in [3.63, 3.8) is 0 Å². The maximum absolute atomic E-state index is 3.76. The number of hydrogen-bond donors (Lipinski definition) is 1. The van der Waals surface area contributed by atoms with E-state index in [9.17, 15) is 0 Å². The van der Waals surface area contributed by atoms with Crippen molar-refractivity contribution in [3.05, 3.63) is 24.7 Å². The Hall–Kier alpha value is -1.05. The summed E-state index contributed by atoms with van der Waals surface area (Å²) in [6.07, 6.45) is 9.50. The average molecular weight is 93.1 g/mol. The molecular weight excluding hydrogens is 88.1 g/mol. The third kappa shape index (κ3) is 1.22. The topological polar surface area (TPSA) is 24.4 Å². The van der Waals surface area contributed by atoms with Crippen molar-refractivity contribution < 1.29 is 0 Å². The lowest BCUT2D eigenvalue weighted by Crippen LogP contribution is -1.89. The van der Waals surface area contributed by atoms with Gasteiger partial charge < -0.3 is 5.32 Å². The van der Waals surface area contributed by atoms with Crippen LogP contribution in [0.3, 0.4) is 0 Å². The lowest BCUT2D eigenvalue weighted by molar-refractivity contribution is 1.15. The van der Waals surface area contributed by atoms with Gasteiger partial charge in [-0.1, -0.05) is 0 Å². The van der Waals surface area contributed by atoms with E-state index in [4.69, 9.17) is 0 Å². The van der Waals surface area contributed by atoms with Crippen LogP contribution in [0.2, 0.25) is 0 Å². The van der Waals surface area contributed by atoms with Crippen LogP contribution in [0, 0.1) is 6.20 Å². The fourth-order valence-corrected chi connectivity index (χ4v) is 0.307. The van der Waals surface area contributed by atoms with Gasteiger partial charge in [-0.15, -0.1) is 0 Å². The molecule has 2 nitrogen and oxygen atoms in total. The van der Waals surface area contributed by atoms with Gasteiger partial charge in [0.1, 0.15) is 0 Å². The molecule has 0 atom stereocenters. The van der Waals surface area contributed by atoms with Crippen LogP contribution in [0.5, 0.6) is 0 Å². The van der Waals surface area contributed by atoms with Crippen molar-refractivity contribution >= 4 is 6.21 Å². The van der Waals surface area contributed by atoms with E-state index < -0.39 is 0 Å². The summed E-state index contributed by atoms with van der Waals surface area (Å²) < 4.78 is 0. The summed E-state index contributed by atoms with van der Waals surface area (Å²) in [5.41, 5.74) is 0. The molecule has 1 rings (SSSR count). The Morgan fingerprint density at radius 2 is 2.57 bits per heavy atom. The molecule has 1 heterocycles. The first-order valence-corrected chi connectivity index (χ1v) is 2.01. The van der Waals surface area contributed by atoms with Gasteiger partial charge in [0.2, 0.25) is 0 Å². The zero-order valence-corrected chi connectivity index (χ0v) is 3.76. The molecule has 0 unspecified atom stereocenters. The van der Waals surface area contributed by atoms with Crippen molar-refractivity contribution in [2.75, 3.05) is 0 Å². The standard InChI is InChI=1S/C5H5N2/c1-2-6-4-5-7-3-1/h1-4,7H. The molecular formula is C5H5N2. The number of hydrogen-bond acceptors (Lipinski definition) is 2. The highest BCUT2D eigenvalue weighted by Gasteiger charge is 1.69. The van der Waals surface area contributed by atoms with E-state index in [1.807, 2.05) is 0 Å². The number of allylic oxidation sites excluding steroid dienone is 1. The molecule has 0 spiro atoms. The summed E-state index contributed by atoms with van der Waals surface area (Å²) in [5, 5.41) is 2.74. The highest BCUT2D eigenvalue weighted by molar-refractivity contribution is 5.71. The normalized spacial score (nSPS) is 16.0. The second-order valence-electron chi connectivity index (χ2n) is 1.08. The molecule has 0 aromatic heterocycles. The summed E-state index contributed by atoms with van der Waals surface area (Å²) in [6.45, 7) is 0. The van der Waals surface area contributed by atoms with Crippen molar-refractivity contribution in [3.8, 4) is 0 Å². The average Bonchev–Trinajstić information content (AvgIpc) is 1.90. The zero-order chi connectivity index (χ0) is 4.95. The maximum Gasteiger partial charge on any atom is 0.0820 e. The Morgan fingerprint density at radius 1 is 1.57 bits per heavy atom. The van der Waals surface area contributed by atoms with Gasteiger partial charge in [-0.25, -0.2) is 0 Å². The van der Waals surface area contributed by atoms with E-state index in [1.54, 1.807) is 24.7 Å². The largest absolute Gasteiger partial charge is 0.359 e. The minimum Gasteiger partial charge on any atom is -0.359 e. The molecule has 0 saturated heterocycles. The molecule has 35 valence electrons. The Labute approximate surface area is 42.3 Å². The van der Waals surface area contributed by atoms with Crippen molar-refractivity contribution in [2.24, 2.45) is 4.99 Å². The van der Waals surface area contributed by atoms with Crippen LogP contribution in [0.4, 0.5) is 0 Å². The van der Waals surface area contributed by atoms with Crippen LogP contribution in [-0.2, 0) is 0 Å². The van der Waals surface area contributed by atoms with Crippen LogP contribution >= 0.6 is 0 Å². The number of rotatable bonds is 0. The predicted molar refractivity (Wildman–Crippen MR) is 28.6 cm³/mol. The Balaban J connectivity index is 2.60. The fraction of sp³-hybridized carbons (Fsp3) is 0. The molecule has 0 aromatic rings. The summed E-state index contributed by atoms with van der Waals surface area (Å²) in [6, 6.07) is 0. The third-order valence-electron chi connectivity index (χ3n) is 0.574. The summed E-state index contributed by atoms with van der Waals surface area (Å²) in [4.78, 5) is 3.76. The monoisotopic (exact) mass is 93.0 g/mol. The molecule has 1 aliphatic rings. The molecule has 1 N–H and O–H groups in total.